The van der Waals surface area contributed by atoms with Crippen LogP contribution in [0.4, 0.5) is 10.1 Å². The van der Waals surface area contributed by atoms with E-state index >= 15 is 0 Å². The lowest BCUT2D eigenvalue weighted by molar-refractivity contribution is -0.113. The number of rotatable bonds is 7. The van der Waals surface area contributed by atoms with Crippen LogP contribution in [0.1, 0.15) is 25.8 Å². The highest BCUT2D eigenvalue weighted by molar-refractivity contribution is 7.99. The van der Waals surface area contributed by atoms with Crippen LogP contribution in [0.25, 0.3) is 10.2 Å². The van der Waals surface area contributed by atoms with E-state index in [4.69, 9.17) is 0 Å². The molecule has 0 bridgehead atoms. The van der Waals surface area contributed by atoms with E-state index in [1.807, 2.05) is 11.4 Å². The fourth-order valence-corrected chi connectivity index (χ4v) is 4.22. The first-order chi connectivity index (χ1) is 13.3. The maximum atomic E-state index is 13.6. The third-order valence-electron chi connectivity index (χ3n) is 4.25. The summed E-state index contributed by atoms with van der Waals surface area (Å²) in [6.45, 7) is 6.43. The lowest BCUT2D eigenvalue weighted by atomic mass is 10.1. The van der Waals surface area contributed by atoms with Gasteiger partial charge < -0.3 is 5.32 Å². The van der Waals surface area contributed by atoms with Gasteiger partial charge in [0, 0.05) is 12.2 Å². The predicted octanol–water partition coefficient (Wildman–Crippen LogP) is 4.68. The normalized spacial score (nSPS) is 11.3. The number of thioether (sulfide) groups is 1. The second-order valence-corrected chi connectivity index (χ2v) is 8.83. The van der Waals surface area contributed by atoms with Gasteiger partial charge in [0.15, 0.2) is 5.16 Å². The van der Waals surface area contributed by atoms with Crippen LogP contribution in [-0.2, 0) is 11.3 Å². The third-order valence-corrected chi connectivity index (χ3v) is 6.12. The Balaban J connectivity index is 1.76. The van der Waals surface area contributed by atoms with E-state index in [1.54, 1.807) is 23.6 Å². The summed E-state index contributed by atoms with van der Waals surface area (Å²) < 4.78 is 15.9. The zero-order valence-electron chi connectivity index (χ0n) is 16.0. The molecule has 1 N–H and O–H groups in total. The molecule has 1 aromatic carbocycles. The minimum atomic E-state index is -0.363. The Hall–Kier alpha value is -2.19. The number of carbonyl (C=O) groups excluding carboxylic acids is 1. The van der Waals surface area contributed by atoms with Crippen LogP contribution in [0.2, 0.25) is 0 Å². The molecule has 5 nitrogen and oxygen atoms in total. The van der Waals surface area contributed by atoms with E-state index in [-0.39, 0.29) is 23.0 Å². The zero-order valence-corrected chi connectivity index (χ0v) is 17.6. The number of nitrogens with zero attached hydrogens (tertiary/aromatic N) is 2. The molecule has 3 rings (SSSR count). The highest BCUT2D eigenvalue weighted by atomic mass is 32.2. The summed E-state index contributed by atoms with van der Waals surface area (Å²) >= 11 is 2.60. The van der Waals surface area contributed by atoms with E-state index in [0.717, 1.165) is 6.42 Å². The molecule has 148 valence electrons. The number of benzene rings is 1. The molecule has 0 spiro atoms. The van der Waals surface area contributed by atoms with Gasteiger partial charge in [0.1, 0.15) is 10.5 Å². The van der Waals surface area contributed by atoms with Crippen LogP contribution in [0.15, 0.2) is 39.6 Å². The quantitative estimate of drug-likeness (QED) is 0.446. The minimum absolute atomic E-state index is 0.0656. The number of nitrogens with one attached hydrogen (secondary N) is 1. The van der Waals surface area contributed by atoms with Gasteiger partial charge in [-0.2, -0.15) is 0 Å². The average Bonchev–Trinajstić information content (AvgIpc) is 3.11. The molecule has 0 radical (unpaired) electrons. The standard InChI is InChI=1S/C20H22FN3O2S2/c1-12(2)6-8-24-19(26)18-16(7-9-27-18)23-20(24)28-11-17(25)22-14-5-4-13(3)15(21)10-14/h4-5,7,9-10,12H,6,8,11H2,1-3H3,(H,22,25). The molecule has 0 aliphatic rings. The van der Waals surface area contributed by atoms with E-state index < -0.39 is 0 Å². The van der Waals surface area contributed by atoms with E-state index in [9.17, 15) is 14.0 Å². The maximum absolute atomic E-state index is 13.6. The van der Waals surface area contributed by atoms with Crippen molar-refractivity contribution in [1.29, 1.82) is 0 Å². The van der Waals surface area contributed by atoms with Crippen LogP contribution >= 0.6 is 23.1 Å². The number of hydrogen-bond donors (Lipinski definition) is 1. The number of fused-ring (bicyclic) bond motifs is 1. The molecule has 0 saturated heterocycles. The second-order valence-electron chi connectivity index (χ2n) is 6.97. The van der Waals surface area contributed by atoms with Crippen LogP contribution in [0, 0.1) is 18.7 Å². The fourth-order valence-electron chi connectivity index (χ4n) is 2.62. The molecule has 0 unspecified atom stereocenters. The summed E-state index contributed by atoms with van der Waals surface area (Å²) in [5.41, 5.74) is 1.52. The van der Waals surface area contributed by atoms with Crippen LogP contribution in [-0.4, -0.2) is 21.2 Å². The molecule has 0 atom stereocenters. The Morgan fingerprint density at radius 1 is 1.36 bits per heavy atom. The first-order valence-electron chi connectivity index (χ1n) is 9.02. The van der Waals surface area contributed by atoms with E-state index in [0.29, 0.717) is 39.1 Å². The minimum Gasteiger partial charge on any atom is -0.325 e. The molecule has 0 fully saturated rings. The van der Waals surface area contributed by atoms with Crippen molar-refractivity contribution in [2.24, 2.45) is 5.92 Å². The lowest BCUT2D eigenvalue weighted by Gasteiger charge is -2.13. The van der Waals surface area contributed by atoms with E-state index in [2.05, 4.69) is 24.1 Å². The molecule has 2 heterocycles. The van der Waals surface area contributed by atoms with Gasteiger partial charge in [0.25, 0.3) is 5.56 Å². The van der Waals surface area contributed by atoms with Gasteiger partial charge in [-0.05, 0) is 48.4 Å². The lowest BCUT2D eigenvalue weighted by Crippen LogP contribution is -2.24. The highest BCUT2D eigenvalue weighted by Gasteiger charge is 2.15. The molecule has 1 amide bonds. The number of aryl methyl sites for hydroxylation is 1. The highest BCUT2D eigenvalue weighted by Crippen LogP contribution is 2.22. The molecule has 8 heteroatoms. The van der Waals surface area contributed by atoms with Gasteiger partial charge in [0.05, 0.1) is 11.3 Å². The molecule has 28 heavy (non-hydrogen) atoms. The van der Waals surface area contributed by atoms with Crippen molar-refractivity contribution in [3.05, 3.63) is 51.4 Å². The predicted molar refractivity (Wildman–Crippen MR) is 114 cm³/mol. The maximum Gasteiger partial charge on any atom is 0.272 e. The van der Waals surface area contributed by atoms with Crippen molar-refractivity contribution in [1.82, 2.24) is 9.55 Å². The first-order valence-corrected chi connectivity index (χ1v) is 10.9. The van der Waals surface area contributed by atoms with Crippen molar-refractivity contribution in [2.45, 2.75) is 38.9 Å². The molecule has 3 aromatic rings. The van der Waals surface area contributed by atoms with Crippen molar-refractivity contribution >= 4 is 44.9 Å². The molecular weight excluding hydrogens is 397 g/mol. The van der Waals surface area contributed by atoms with Gasteiger partial charge in [-0.25, -0.2) is 9.37 Å². The SMILES string of the molecule is Cc1ccc(NC(=O)CSc2nc3ccsc3c(=O)n2CCC(C)C)cc1F. The number of aromatic nitrogens is 2. The summed E-state index contributed by atoms with van der Waals surface area (Å²) in [4.78, 5) is 29.7. The van der Waals surface area contributed by atoms with Gasteiger partial charge >= 0.3 is 0 Å². The molecule has 0 aliphatic heterocycles. The third kappa shape index (κ3) is 4.80. The van der Waals surface area contributed by atoms with Crippen molar-refractivity contribution in [3.8, 4) is 0 Å². The van der Waals surface area contributed by atoms with Crippen LogP contribution in [0.3, 0.4) is 0 Å². The van der Waals surface area contributed by atoms with Gasteiger partial charge in [-0.15, -0.1) is 11.3 Å². The largest absolute Gasteiger partial charge is 0.325 e. The summed E-state index contributed by atoms with van der Waals surface area (Å²) in [5, 5.41) is 5.06. The number of anilines is 1. The van der Waals surface area contributed by atoms with Crippen molar-refractivity contribution in [2.75, 3.05) is 11.1 Å². The van der Waals surface area contributed by atoms with Crippen molar-refractivity contribution < 1.29 is 9.18 Å². The average molecular weight is 420 g/mol. The molecular formula is C20H22FN3O2S2. The molecule has 0 aliphatic carbocycles. The first kappa shape index (κ1) is 20.5. The number of amides is 1. The number of halogens is 1. The summed E-state index contributed by atoms with van der Waals surface area (Å²) in [6, 6.07) is 6.39. The summed E-state index contributed by atoms with van der Waals surface area (Å²) in [6.07, 6.45) is 0.848. The van der Waals surface area contributed by atoms with Crippen LogP contribution in [0.5, 0.6) is 0 Å². The monoisotopic (exact) mass is 419 g/mol. The summed E-state index contributed by atoms with van der Waals surface area (Å²) in [7, 11) is 0. The fraction of sp³-hybridized carbons (Fsp3) is 0.350. The number of thiophene rings is 1. The zero-order chi connectivity index (χ0) is 20.3. The van der Waals surface area contributed by atoms with Gasteiger partial charge in [-0.3, -0.25) is 14.2 Å². The Bertz CT molecular complexity index is 1060. The number of hydrogen-bond acceptors (Lipinski definition) is 5. The smallest absolute Gasteiger partial charge is 0.272 e. The van der Waals surface area contributed by atoms with E-state index in [1.165, 1.54) is 29.2 Å². The molecule has 0 saturated carbocycles. The Kier molecular flexibility index (Phi) is 6.51. The molecule has 2 aromatic heterocycles. The number of carbonyl (C=O) groups is 1. The van der Waals surface area contributed by atoms with Crippen molar-refractivity contribution in [3.63, 3.8) is 0 Å². The summed E-state index contributed by atoms with van der Waals surface area (Å²) in [5.74, 6) is -0.108. The Labute approximate surface area is 171 Å². The second kappa shape index (κ2) is 8.87. The van der Waals surface area contributed by atoms with Gasteiger partial charge in [-0.1, -0.05) is 31.7 Å². The Morgan fingerprint density at radius 2 is 2.14 bits per heavy atom. The van der Waals surface area contributed by atoms with Gasteiger partial charge in [0.2, 0.25) is 5.91 Å². The van der Waals surface area contributed by atoms with Crippen LogP contribution < -0.4 is 10.9 Å². The Morgan fingerprint density at radius 3 is 2.86 bits per heavy atom. The topological polar surface area (TPSA) is 64.0 Å².